The SMILES string of the molecule is O=C(O)CC(c1ccc(OCC2CC2)c(F)c1)C1CC1. The van der Waals surface area contributed by atoms with Crippen LogP contribution in [0.2, 0.25) is 0 Å². The summed E-state index contributed by atoms with van der Waals surface area (Å²) in [5, 5.41) is 8.98. The van der Waals surface area contributed by atoms with Crippen molar-refractivity contribution in [2.45, 2.75) is 38.0 Å². The van der Waals surface area contributed by atoms with Crippen molar-refractivity contribution < 1.29 is 19.0 Å². The van der Waals surface area contributed by atoms with Gasteiger partial charge >= 0.3 is 5.97 Å². The van der Waals surface area contributed by atoms with Gasteiger partial charge in [0.15, 0.2) is 11.6 Å². The Bertz CT molecular complexity index is 506. The van der Waals surface area contributed by atoms with Crippen LogP contribution in [-0.4, -0.2) is 17.7 Å². The number of benzene rings is 1. The smallest absolute Gasteiger partial charge is 0.303 e. The number of hydrogen-bond donors (Lipinski definition) is 1. The van der Waals surface area contributed by atoms with Gasteiger partial charge in [0.05, 0.1) is 13.0 Å². The molecule has 1 aromatic rings. The van der Waals surface area contributed by atoms with Gasteiger partial charge in [-0.2, -0.15) is 0 Å². The van der Waals surface area contributed by atoms with Crippen molar-refractivity contribution >= 4 is 5.97 Å². The van der Waals surface area contributed by atoms with Gasteiger partial charge < -0.3 is 9.84 Å². The Labute approximate surface area is 117 Å². The lowest BCUT2D eigenvalue weighted by Crippen LogP contribution is -2.09. The van der Waals surface area contributed by atoms with E-state index in [1.807, 2.05) is 6.07 Å². The van der Waals surface area contributed by atoms with Gasteiger partial charge in [-0.3, -0.25) is 4.79 Å². The first-order chi connectivity index (χ1) is 9.63. The van der Waals surface area contributed by atoms with Crippen LogP contribution in [0, 0.1) is 17.7 Å². The molecule has 0 bridgehead atoms. The molecule has 3 nitrogen and oxygen atoms in total. The van der Waals surface area contributed by atoms with E-state index in [1.54, 1.807) is 6.07 Å². The molecule has 1 N–H and O–H groups in total. The van der Waals surface area contributed by atoms with E-state index in [-0.39, 0.29) is 23.9 Å². The first kappa shape index (κ1) is 13.4. The Morgan fingerprint density at radius 1 is 1.35 bits per heavy atom. The maximum atomic E-state index is 14.0. The summed E-state index contributed by atoms with van der Waals surface area (Å²) >= 11 is 0. The van der Waals surface area contributed by atoms with Crippen molar-refractivity contribution in [2.24, 2.45) is 11.8 Å². The van der Waals surface area contributed by atoms with Crippen molar-refractivity contribution in [2.75, 3.05) is 6.61 Å². The third-order valence-electron chi connectivity index (χ3n) is 4.14. The third-order valence-corrected chi connectivity index (χ3v) is 4.14. The molecule has 2 aliphatic rings. The molecule has 1 unspecified atom stereocenters. The highest BCUT2D eigenvalue weighted by atomic mass is 19.1. The monoisotopic (exact) mass is 278 g/mol. The van der Waals surface area contributed by atoms with Crippen LogP contribution in [0.25, 0.3) is 0 Å². The Morgan fingerprint density at radius 3 is 2.65 bits per heavy atom. The lowest BCUT2D eigenvalue weighted by molar-refractivity contribution is -0.137. The highest BCUT2D eigenvalue weighted by Crippen LogP contribution is 2.45. The van der Waals surface area contributed by atoms with Gasteiger partial charge in [-0.1, -0.05) is 6.07 Å². The largest absolute Gasteiger partial charge is 0.490 e. The van der Waals surface area contributed by atoms with Crippen LogP contribution in [0.5, 0.6) is 5.75 Å². The molecule has 2 aliphatic carbocycles. The topological polar surface area (TPSA) is 46.5 Å². The fourth-order valence-electron chi connectivity index (χ4n) is 2.60. The summed E-state index contributed by atoms with van der Waals surface area (Å²) in [6, 6.07) is 4.91. The average Bonchev–Trinajstić information content (AvgIpc) is 3.27. The van der Waals surface area contributed by atoms with Crippen LogP contribution >= 0.6 is 0 Å². The van der Waals surface area contributed by atoms with E-state index in [0.29, 0.717) is 18.4 Å². The van der Waals surface area contributed by atoms with E-state index in [2.05, 4.69) is 0 Å². The Balaban J connectivity index is 1.71. The summed E-state index contributed by atoms with van der Waals surface area (Å²) in [5.74, 6) is -0.00964. The average molecular weight is 278 g/mol. The highest BCUT2D eigenvalue weighted by molar-refractivity contribution is 5.68. The van der Waals surface area contributed by atoms with E-state index >= 15 is 0 Å². The van der Waals surface area contributed by atoms with Crippen molar-refractivity contribution in [3.8, 4) is 5.75 Å². The number of halogens is 1. The molecule has 2 saturated carbocycles. The Kier molecular flexibility index (Phi) is 3.64. The highest BCUT2D eigenvalue weighted by Gasteiger charge is 2.34. The molecule has 108 valence electrons. The van der Waals surface area contributed by atoms with Gasteiger partial charge in [0.1, 0.15) is 0 Å². The molecule has 0 radical (unpaired) electrons. The molecule has 4 heteroatoms. The summed E-state index contributed by atoms with van der Waals surface area (Å²) < 4.78 is 19.5. The molecule has 0 aromatic heterocycles. The Morgan fingerprint density at radius 2 is 2.10 bits per heavy atom. The van der Waals surface area contributed by atoms with E-state index in [9.17, 15) is 9.18 Å². The quantitative estimate of drug-likeness (QED) is 0.829. The number of aliphatic carboxylic acids is 1. The zero-order chi connectivity index (χ0) is 14.1. The number of carboxylic acids is 1. The van der Waals surface area contributed by atoms with Crippen molar-refractivity contribution in [3.05, 3.63) is 29.6 Å². The van der Waals surface area contributed by atoms with Gasteiger partial charge in [0.25, 0.3) is 0 Å². The van der Waals surface area contributed by atoms with Gasteiger partial charge in [-0.05, 0) is 61.1 Å². The van der Waals surface area contributed by atoms with Gasteiger partial charge in [-0.15, -0.1) is 0 Å². The van der Waals surface area contributed by atoms with E-state index in [4.69, 9.17) is 9.84 Å². The zero-order valence-electron chi connectivity index (χ0n) is 11.3. The van der Waals surface area contributed by atoms with Gasteiger partial charge in [0, 0.05) is 0 Å². The second-order valence-corrected chi connectivity index (χ2v) is 5.99. The molecule has 1 aromatic carbocycles. The molecule has 2 fully saturated rings. The molecule has 0 heterocycles. The number of ether oxygens (including phenoxy) is 1. The van der Waals surface area contributed by atoms with Gasteiger partial charge in [-0.25, -0.2) is 4.39 Å². The summed E-state index contributed by atoms with van der Waals surface area (Å²) in [4.78, 5) is 10.9. The maximum absolute atomic E-state index is 14.0. The second kappa shape index (κ2) is 5.43. The minimum absolute atomic E-state index is 0.0699. The fraction of sp³-hybridized carbons (Fsp3) is 0.562. The maximum Gasteiger partial charge on any atom is 0.303 e. The predicted octanol–water partition coefficient (Wildman–Crippen LogP) is 3.58. The zero-order valence-corrected chi connectivity index (χ0v) is 11.3. The van der Waals surface area contributed by atoms with Crippen LogP contribution in [0.15, 0.2) is 18.2 Å². The van der Waals surface area contributed by atoms with Crippen molar-refractivity contribution in [3.63, 3.8) is 0 Å². The van der Waals surface area contributed by atoms with Crippen LogP contribution in [-0.2, 0) is 4.79 Å². The van der Waals surface area contributed by atoms with Crippen molar-refractivity contribution in [1.82, 2.24) is 0 Å². The summed E-state index contributed by atoms with van der Waals surface area (Å²) in [7, 11) is 0. The molecule has 0 spiro atoms. The summed E-state index contributed by atoms with van der Waals surface area (Å²) in [5.41, 5.74) is 0.783. The molecule has 0 saturated heterocycles. The van der Waals surface area contributed by atoms with E-state index < -0.39 is 5.97 Å². The molecule has 3 rings (SSSR count). The van der Waals surface area contributed by atoms with Crippen LogP contribution < -0.4 is 4.74 Å². The molecule has 0 amide bonds. The predicted molar refractivity (Wildman–Crippen MR) is 72.3 cm³/mol. The summed E-state index contributed by atoms with van der Waals surface area (Å²) in [6.45, 7) is 0.581. The number of carboxylic acid groups (broad SMARTS) is 1. The van der Waals surface area contributed by atoms with Crippen LogP contribution in [0.4, 0.5) is 4.39 Å². The van der Waals surface area contributed by atoms with Gasteiger partial charge in [0.2, 0.25) is 0 Å². The number of rotatable bonds is 7. The number of carbonyl (C=O) groups is 1. The standard InChI is InChI=1S/C16H19FO3/c17-14-7-12(13(8-16(18)19)11-3-4-11)5-6-15(14)20-9-10-1-2-10/h5-7,10-11,13H,1-4,8-9H2,(H,18,19). The Hall–Kier alpha value is -1.58. The van der Waals surface area contributed by atoms with Crippen molar-refractivity contribution in [1.29, 1.82) is 0 Å². The lowest BCUT2D eigenvalue weighted by Gasteiger charge is -2.15. The summed E-state index contributed by atoms with van der Waals surface area (Å²) in [6.07, 6.45) is 4.50. The molecule has 20 heavy (non-hydrogen) atoms. The van der Waals surface area contributed by atoms with E-state index in [0.717, 1.165) is 18.4 Å². The third kappa shape index (κ3) is 3.30. The minimum atomic E-state index is -0.823. The second-order valence-electron chi connectivity index (χ2n) is 5.99. The molecule has 1 atom stereocenters. The molecule has 0 aliphatic heterocycles. The number of hydrogen-bond acceptors (Lipinski definition) is 2. The minimum Gasteiger partial charge on any atom is -0.490 e. The van der Waals surface area contributed by atoms with Crippen LogP contribution in [0.3, 0.4) is 0 Å². The first-order valence-corrected chi connectivity index (χ1v) is 7.27. The molecular weight excluding hydrogens is 259 g/mol. The fourth-order valence-corrected chi connectivity index (χ4v) is 2.60. The van der Waals surface area contributed by atoms with E-state index in [1.165, 1.54) is 18.9 Å². The molecular formula is C16H19FO3. The lowest BCUT2D eigenvalue weighted by atomic mass is 9.91. The van der Waals surface area contributed by atoms with Crippen LogP contribution in [0.1, 0.15) is 43.6 Å². The normalized spacial score (nSPS) is 19.6. The first-order valence-electron chi connectivity index (χ1n) is 7.27.